The zero-order valence-corrected chi connectivity index (χ0v) is 31.1. The van der Waals surface area contributed by atoms with Crippen molar-refractivity contribution in [1.82, 2.24) is 24.6 Å². The normalized spacial score (nSPS) is 21.7. The number of furan rings is 1. The lowest BCUT2D eigenvalue weighted by Crippen LogP contribution is -2.61. The monoisotopic (exact) mass is 734 g/mol. The second-order valence-corrected chi connectivity index (χ2v) is 15.9. The number of amides is 3. The predicted octanol–water partition coefficient (Wildman–Crippen LogP) is 3.61. The van der Waals surface area contributed by atoms with Gasteiger partial charge in [0.1, 0.15) is 17.5 Å². The predicted molar refractivity (Wildman–Crippen MR) is 202 cm³/mol. The molecule has 5 aliphatic rings. The van der Waals surface area contributed by atoms with Crippen LogP contribution >= 0.6 is 0 Å². The van der Waals surface area contributed by atoms with Crippen molar-refractivity contribution in [2.24, 2.45) is 18.4 Å². The Morgan fingerprint density at radius 3 is 2.37 bits per heavy atom. The van der Waals surface area contributed by atoms with Crippen molar-refractivity contribution in [3.8, 4) is 22.6 Å². The number of rotatable bonds is 9. The maximum absolute atomic E-state index is 13.3. The van der Waals surface area contributed by atoms with Gasteiger partial charge in [0, 0.05) is 93.1 Å². The number of aryl methyl sites for hydroxylation is 1. The number of hydrogen-bond acceptors (Lipinski definition) is 10. The fourth-order valence-corrected chi connectivity index (χ4v) is 9.42. The maximum atomic E-state index is 13.3. The summed E-state index contributed by atoms with van der Waals surface area (Å²) in [5.41, 5.74) is 5.96. The number of nitrogens with one attached hydrogen (secondary N) is 1. The number of aromatic nitrogens is 1. The quantitative estimate of drug-likeness (QED) is 0.255. The summed E-state index contributed by atoms with van der Waals surface area (Å²) in [7, 11) is 5.10. The van der Waals surface area contributed by atoms with Gasteiger partial charge in [-0.15, -0.1) is 0 Å². The first-order chi connectivity index (χ1) is 26.1. The van der Waals surface area contributed by atoms with Crippen molar-refractivity contribution in [1.29, 1.82) is 0 Å². The Kier molecular flexibility index (Phi) is 8.53. The standard InChI is InChI=1S/C41H46N6O7/c1-43-21-31(29-8-13-54-37(29)40(43)51)27-14-34(52-2)32(35(15-27)53-3)22-45-18-25(19-45)17-44-11-9-41(10-12-44)23-46(24-41)28-5-4-26-20-47(39(50)30(26)16-28)33-6-7-36(48)42-38(33)49/h4-5,8,13-16,21,25,33H,6-7,9-12,17-20,22-24H2,1-3H3,(H,42,48,49). The van der Waals surface area contributed by atoms with Crippen LogP contribution in [-0.4, -0.2) is 103 Å². The highest BCUT2D eigenvalue weighted by Crippen LogP contribution is 2.44. The number of fused-ring (bicyclic) bond motifs is 2. The third-order valence-electron chi connectivity index (χ3n) is 12.5. The third kappa shape index (κ3) is 5.94. The van der Waals surface area contributed by atoms with Crippen LogP contribution in [0.3, 0.4) is 0 Å². The number of likely N-dealkylation sites (tertiary alicyclic amines) is 2. The molecule has 13 heteroatoms. The van der Waals surface area contributed by atoms with Gasteiger partial charge in [0.25, 0.3) is 11.5 Å². The van der Waals surface area contributed by atoms with E-state index >= 15 is 0 Å². The number of ether oxygens (including phenoxy) is 2. The number of pyridine rings is 1. The smallest absolute Gasteiger partial charge is 0.293 e. The summed E-state index contributed by atoms with van der Waals surface area (Å²) in [5, 5.41) is 3.14. The zero-order valence-electron chi connectivity index (χ0n) is 31.1. The molecule has 5 aliphatic heterocycles. The van der Waals surface area contributed by atoms with Crippen LogP contribution in [0.25, 0.3) is 22.1 Å². The van der Waals surface area contributed by atoms with Gasteiger partial charge in [-0.1, -0.05) is 6.07 Å². The summed E-state index contributed by atoms with van der Waals surface area (Å²) >= 11 is 0. The van der Waals surface area contributed by atoms with Gasteiger partial charge in [-0.2, -0.15) is 0 Å². The van der Waals surface area contributed by atoms with Crippen LogP contribution in [0.2, 0.25) is 0 Å². The number of piperidine rings is 2. The van der Waals surface area contributed by atoms with Gasteiger partial charge < -0.3 is 33.2 Å². The molecule has 0 aliphatic carbocycles. The minimum atomic E-state index is -0.591. The molecule has 7 heterocycles. The summed E-state index contributed by atoms with van der Waals surface area (Å²) in [6.07, 6.45) is 6.36. The Bertz CT molecular complexity index is 2200. The van der Waals surface area contributed by atoms with Crippen LogP contribution < -0.4 is 25.2 Å². The lowest BCUT2D eigenvalue weighted by atomic mass is 9.71. The fourth-order valence-electron chi connectivity index (χ4n) is 9.42. The molecule has 2 aromatic carbocycles. The number of anilines is 1. The zero-order chi connectivity index (χ0) is 37.3. The Labute approximate surface area is 313 Å². The van der Waals surface area contributed by atoms with E-state index in [2.05, 4.69) is 26.1 Å². The lowest BCUT2D eigenvalue weighted by molar-refractivity contribution is -0.136. The summed E-state index contributed by atoms with van der Waals surface area (Å²) in [6.45, 7) is 8.50. The molecule has 1 spiro atoms. The molecule has 2 aromatic heterocycles. The molecule has 9 rings (SSSR count). The van der Waals surface area contributed by atoms with Crippen molar-refractivity contribution in [3.05, 3.63) is 75.9 Å². The van der Waals surface area contributed by atoms with Gasteiger partial charge >= 0.3 is 0 Å². The van der Waals surface area contributed by atoms with E-state index in [0.717, 1.165) is 97.2 Å². The largest absolute Gasteiger partial charge is 0.496 e. The SMILES string of the molecule is COc1cc(-c2cn(C)c(=O)c3occc23)cc(OC)c1CN1CC(CN2CCC3(CC2)CN(c2ccc4c(c2)C(=O)N(C2CCC(=O)NC2=O)C4)C3)C1. The van der Waals surface area contributed by atoms with E-state index in [1.807, 2.05) is 36.5 Å². The molecule has 3 amide bonds. The van der Waals surface area contributed by atoms with E-state index in [-0.39, 0.29) is 29.7 Å². The first-order valence-electron chi connectivity index (χ1n) is 18.9. The average molecular weight is 735 g/mol. The van der Waals surface area contributed by atoms with Crippen molar-refractivity contribution in [2.45, 2.75) is 44.8 Å². The van der Waals surface area contributed by atoms with E-state index < -0.39 is 6.04 Å². The first kappa shape index (κ1) is 34.6. The van der Waals surface area contributed by atoms with Crippen LogP contribution in [0.4, 0.5) is 5.69 Å². The van der Waals surface area contributed by atoms with Gasteiger partial charge in [0.15, 0.2) is 5.58 Å². The van der Waals surface area contributed by atoms with Crippen LogP contribution in [-0.2, 0) is 29.7 Å². The molecule has 4 fully saturated rings. The molecule has 4 aromatic rings. The number of hydrogen-bond donors (Lipinski definition) is 1. The van der Waals surface area contributed by atoms with Gasteiger partial charge in [-0.05, 0) is 79.7 Å². The summed E-state index contributed by atoms with van der Waals surface area (Å²) in [6, 6.07) is 11.4. The Balaban J connectivity index is 0.768. The van der Waals surface area contributed by atoms with Crippen molar-refractivity contribution in [2.75, 3.05) is 64.9 Å². The molecule has 1 atom stereocenters. The fraction of sp³-hybridized carbons (Fsp3) is 0.463. The number of carbonyl (C=O) groups is 3. The molecule has 0 saturated carbocycles. The van der Waals surface area contributed by atoms with Crippen LogP contribution in [0.5, 0.6) is 11.5 Å². The first-order valence-corrected chi connectivity index (χ1v) is 18.9. The number of benzene rings is 2. The summed E-state index contributed by atoms with van der Waals surface area (Å²) in [4.78, 5) is 59.1. The van der Waals surface area contributed by atoms with Crippen LogP contribution in [0, 0.1) is 11.3 Å². The van der Waals surface area contributed by atoms with Crippen LogP contribution in [0.1, 0.15) is 47.2 Å². The molecule has 54 heavy (non-hydrogen) atoms. The number of nitrogens with zero attached hydrogens (tertiary/aromatic N) is 5. The molecule has 0 radical (unpaired) electrons. The van der Waals surface area contributed by atoms with Gasteiger partial charge in [0.2, 0.25) is 11.8 Å². The van der Waals surface area contributed by atoms with E-state index in [0.29, 0.717) is 35.4 Å². The van der Waals surface area contributed by atoms with E-state index in [4.69, 9.17) is 13.9 Å². The van der Waals surface area contributed by atoms with E-state index in [1.54, 1.807) is 37.0 Å². The molecule has 1 N–H and O–H groups in total. The number of methoxy groups -OCH3 is 2. The summed E-state index contributed by atoms with van der Waals surface area (Å²) < 4.78 is 18.8. The molecule has 13 nitrogen and oxygen atoms in total. The molecule has 1 unspecified atom stereocenters. The average Bonchev–Trinajstić information content (AvgIpc) is 3.76. The van der Waals surface area contributed by atoms with Crippen molar-refractivity contribution >= 4 is 34.4 Å². The second kappa shape index (κ2) is 13.3. The molecule has 0 bridgehead atoms. The molecule has 4 saturated heterocycles. The van der Waals surface area contributed by atoms with Crippen molar-refractivity contribution in [3.63, 3.8) is 0 Å². The second-order valence-electron chi connectivity index (χ2n) is 15.9. The van der Waals surface area contributed by atoms with Gasteiger partial charge in [0.05, 0.1) is 26.0 Å². The highest BCUT2D eigenvalue weighted by atomic mass is 16.5. The minimum Gasteiger partial charge on any atom is -0.496 e. The number of imide groups is 1. The molecular formula is C41H46N6O7. The maximum Gasteiger partial charge on any atom is 0.293 e. The van der Waals surface area contributed by atoms with E-state index in [9.17, 15) is 19.2 Å². The Hall–Kier alpha value is -5.14. The van der Waals surface area contributed by atoms with Crippen molar-refractivity contribution < 1.29 is 28.3 Å². The lowest BCUT2D eigenvalue weighted by Gasteiger charge is -2.55. The Morgan fingerprint density at radius 1 is 0.926 bits per heavy atom. The van der Waals surface area contributed by atoms with Gasteiger partial charge in [-0.3, -0.25) is 29.4 Å². The topological polar surface area (TPSA) is 130 Å². The van der Waals surface area contributed by atoms with Gasteiger partial charge in [-0.25, -0.2) is 0 Å². The highest BCUT2D eigenvalue weighted by molar-refractivity contribution is 6.05. The minimum absolute atomic E-state index is 0.120. The molecule has 282 valence electrons. The number of carbonyl (C=O) groups excluding carboxylic acids is 3. The summed E-state index contributed by atoms with van der Waals surface area (Å²) in [5.74, 6) is 1.37. The third-order valence-corrected chi connectivity index (χ3v) is 12.5. The highest BCUT2D eigenvalue weighted by Gasteiger charge is 2.46. The Morgan fingerprint density at radius 2 is 1.67 bits per heavy atom. The van der Waals surface area contributed by atoms with E-state index in [1.165, 1.54) is 12.8 Å². The molecular weight excluding hydrogens is 688 g/mol. The van der Waals surface area contributed by atoms with Crippen LogP contribution in [0.15, 0.2) is 58.1 Å².